The number of hydrogen-bond donors (Lipinski definition) is 3. The zero-order valence-corrected chi connectivity index (χ0v) is 17.7. The van der Waals surface area contributed by atoms with Gasteiger partial charge in [-0.3, -0.25) is 9.59 Å². The van der Waals surface area contributed by atoms with Crippen LogP contribution >= 0.6 is 0 Å². The van der Waals surface area contributed by atoms with Crippen LogP contribution in [-0.4, -0.2) is 56.1 Å². The Morgan fingerprint density at radius 1 is 1.21 bits per heavy atom. The average Bonchev–Trinajstić information content (AvgIpc) is 3.76. The summed E-state index contributed by atoms with van der Waals surface area (Å²) >= 11 is 0. The van der Waals surface area contributed by atoms with Crippen LogP contribution in [0.25, 0.3) is 5.69 Å². The topological polar surface area (TPSA) is 149 Å². The number of nitrogens with one attached hydrogen (secondary N) is 3. The normalized spacial score (nSPS) is 16.8. The number of hydrogen-bond acceptors (Lipinski definition) is 9. The molecular weight excluding hydrogens is 426 g/mol. The molecule has 0 radical (unpaired) electrons. The van der Waals surface area contributed by atoms with Crippen LogP contribution in [0.5, 0.6) is 5.75 Å². The Balaban J connectivity index is 1.49. The first-order valence-corrected chi connectivity index (χ1v) is 10.5. The minimum Gasteiger partial charge on any atom is -0.491 e. The van der Waals surface area contributed by atoms with Gasteiger partial charge in [0.1, 0.15) is 5.69 Å². The summed E-state index contributed by atoms with van der Waals surface area (Å²) < 4.78 is 29.2. The summed E-state index contributed by atoms with van der Waals surface area (Å²) in [5.41, 5.74) is 1.20. The van der Waals surface area contributed by atoms with Crippen molar-refractivity contribution in [3.63, 3.8) is 0 Å². The third kappa shape index (κ3) is 4.31. The largest absolute Gasteiger partial charge is 0.491 e. The fraction of sp³-hybridized carbons (Fsp3) is 0.381. The lowest BCUT2D eigenvalue weighted by Crippen LogP contribution is -2.22. The second-order valence-corrected chi connectivity index (χ2v) is 7.91. The molecule has 170 valence electrons. The summed E-state index contributed by atoms with van der Waals surface area (Å²) in [4.78, 5) is 29.2. The van der Waals surface area contributed by atoms with Crippen molar-refractivity contribution < 1.29 is 18.4 Å². The number of aromatic nitrogens is 6. The number of methoxy groups -OCH3 is 1. The number of rotatable bonds is 8. The Labute approximate surface area is 193 Å². The van der Waals surface area contributed by atoms with Gasteiger partial charge < -0.3 is 20.7 Å². The Kier molecular flexibility index (Phi) is 4.47. The van der Waals surface area contributed by atoms with E-state index in [1.54, 1.807) is 10.7 Å². The SMILES string of the molecule is [2H]C([2H])([2H])NC(=O)c1nnc(NC(=O)C2CC2)cc1Nc1nccc(-n2cc(C3CC3)nn2)c1OC. The van der Waals surface area contributed by atoms with E-state index in [0.717, 1.165) is 31.4 Å². The molecule has 0 saturated heterocycles. The molecular formula is C21H23N9O3. The average molecular weight is 452 g/mol. The number of nitrogens with zero attached hydrogens (tertiary/aromatic N) is 6. The van der Waals surface area contributed by atoms with Crippen LogP contribution in [0.4, 0.5) is 17.3 Å². The molecule has 12 heteroatoms. The lowest BCUT2D eigenvalue weighted by molar-refractivity contribution is -0.117. The highest BCUT2D eigenvalue weighted by atomic mass is 16.5. The zero-order valence-electron chi connectivity index (χ0n) is 20.7. The fourth-order valence-electron chi connectivity index (χ4n) is 3.35. The van der Waals surface area contributed by atoms with Gasteiger partial charge >= 0.3 is 0 Å². The zero-order chi connectivity index (χ0) is 25.4. The van der Waals surface area contributed by atoms with Gasteiger partial charge in [0, 0.05) is 35.2 Å². The van der Waals surface area contributed by atoms with Gasteiger partial charge in [0.15, 0.2) is 23.1 Å². The minimum absolute atomic E-state index is 0.0676. The molecule has 0 unspecified atom stereocenters. The van der Waals surface area contributed by atoms with Gasteiger partial charge in [-0.15, -0.1) is 15.3 Å². The molecule has 0 aliphatic heterocycles. The summed E-state index contributed by atoms with van der Waals surface area (Å²) in [6, 6.07) is 3.08. The van der Waals surface area contributed by atoms with Crippen molar-refractivity contribution in [2.75, 3.05) is 24.7 Å². The van der Waals surface area contributed by atoms with Crippen molar-refractivity contribution in [2.45, 2.75) is 31.6 Å². The molecule has 2 saturated carbocycles. The van der Waals surface area contributed by atoms with E-state index in [-0.39, 0.29) is 34.8 Å². The summed E-state index contributed by atoms with van der Waals surface area (Å²) in [6.07, 6.45) is 7.09. The number of ether oxygens (including phenoxy) is 1. The molecule has 0 aromatic carbocycles. The highest BCUT2D eigenvalue weighted by molar-refractivity contribution is 5.99. The monoisotopic (exact) mass is 452 g/mol. The summed E-state index contributed by atoms with van der Waals surface area (Å²) in [6.45, 7) is -2.74. The number of amides is 2. The maximum absolute atomic E-state index is 12.7. The predicted octanol–water partition coefficient (Wildman–Crippen LogP) is 1.79. The number of carbonyl (C=O) groups excluding carboxylic acids is 2. The lowest BCUT2D eigenvalue weighted by atomic mass is 10.2. The van der Waals surface area contributed by atoms with Gasteiger partial charge in [0.2, 0.25) is 5.91 Å². The van der Waals surface area contributed by atoms with Crippen LogP contribution in [0.3, 0.4) is 0 Å². The molecule has 3 heterocycles. The summed E-state index contributed by atoms with van der Waals surface area (Å²) in [5, 5.41) is 23.7. The molecule has 2 amide bonds. The molecule has 2 aliphatic carbocycles. The van der Waals surface area contributed by atoms with Gasteiger partial charge in [0.25, 0.3) is 5.91 Å². The highest BCUT2D eigenvalue weighted by Crippen LogP contribution is 2.39. The molecule has 33 heavy (non-hydrogen) atoms. The first kappa shape index (κ1) is 17.5. The molecule has 3 aromatic heterocycles. The van der Waals surface area contributed by atoms with Crippen molar-refractivity contribution in [2.24, 2.45) is 5.92 Å². The smallest absolute Gasteiger partial charge is 0.273 e. The third-order valence-corrected chi connectivity index (χ3v) is 5.42. The maximum atomic E-state index is 12.7. The Morgan fingerprint density at radius 3 is 2.79 bits per heavy atom. The molecule has 12 nitrogen and oxygen atoms in total. The van der Waals surface area contributed by atoms with Crippen molar-refractivity contribution >= 4 is 29.1 Å². The van der Waals surface area contributed by atoms with E-state index in [9.17, 15) is 9.59 Å². The first-order chi connectivity index (χ1) is 17.2. The summed E-state index contributed by atoms with van der Waals surface area (Å²) in [5.74, 6) is -0.253. The second-order valence-electron chi connectivity index (χ2n) is 7.91. The standard InChI is InChI=1S/C21H23N9O3/c1-22-21(32)17-13(9-16(27-28-17)25-20(31)12-5-6-12)24-19-18(33-2)15(7-8-23-19)30-10-14(26-29-30)11-3-4-11/h7-12H,3-6H2,1-2H3,(H,22,32)(H2,23,24,25,27,31)/i1D3. The van der Waals surface area contributed by atoms with Crippen LogP contribution in [0.2, 0.25) is 0 Å². The molecule has 0 atom stereocenters. The molecule has 3 N–H and O–H groups in total. The van der Waals surface area contributed by atoms with E-state index in [0.29, 0.717) is 17.4 Å². The Bertz CT molecular complexity index is 1320. The highest BCUT2D eigenvalue weighted by Gasteiger charge is 2.30. The van der Waals surface area contributed by atoms with Crippen molar-refractivity contribution in [3.05, 3.63) is 35.9 Å². The molecule has 3 aromatic rings. The van der Waals surface area contributed by atoms with Crippen molar-refractivity contribution in [3.8, 4) is 11.4 Å². The van der Waals surface area contributed by atoms with Crippen LogP contribution in [-0.2, 0) is 4.79 Å². The third-order valence-electron chi connectivity index (χ3n) is 5.42. The lowest BCUT2D eigenvalue weighted by Gasteiger charge is -2.15. The molecule has 5 rings (SSSR count). The van der Waals surface area contributed by atoms with Crippen molar-refractivity contribution in [1.82, 2.24) is 35.5 Å². The van der Waals surface area contributed by atoms with Crippen LogP contribution in [0.15, 0.2) is 24.5 Å². The Morgan fingerprint density at radius 2 is 2.06 bits per heavy atom. The van der Waals surface area contributed by atoms with Gasteiger partial charge in [0.05, 0.1) is 24.7 Å². The van der Waals surface area contributed by atoms with E-state index < -0.39 is 12.9 Å². The molecule has 0 bridgehead atoms. The van der Waals surface area contributed by atoms with E-state index in [4.69, 9.17) is 8.85 Å². The summed E-state index contributed by atoms with van der Waals surface area (Å²) in [7, 11) is 1.46. The van der Waals surface area contributed by atoms with Gasteiger partial charge in [-0.2, -0.15) is 0 Å². The Hall–Kier alpha value is -4.09. The quantitative estimate of drug-likeness (QED) is 0.465. The number of anilines is 3. The van der Waals surface area contributed by atoms with E-state index in [1.807, 2.05) is 11.5 Å². The van der Waals surface area contributed by atoms with Crippen molar-refractivity contribution in [1.29, 1.82) is 0 Å². The number of carbonyl (C=O) groups is 2. The molecule has 0 spiro atoms. The van der Waals surface area contributed by atoms with E-state index >= 15 is 0 Å². The number of pyridine rings is 1. The predicted molar refractivity (Wildman–Crippen MR) is 118 cm³/mol. The second kappa shape index (κ2) is 8.45. The van der Waals surface area contributed by atoms with E-state index in [1.165, 1.54) is 19.4 Å². The van der Waals surface area contributed by atoms with Gasteiger partial charge in [-0.05, 0) is 31.7 Å². The molecule has 2 fully saturated rings. The van der Waals surface area contributed by atoms with Gasteiger partial charge in [-0.1, -0.05) is 5.21 Å². The van der Waals surface area contributed by atoms with Crippen LogP contribution in [0, 0.1) is 5.92 Å². The van der Waals surface area contributed by atoms with Crippen LogP contribution < -0.4 is 20.7 Å². The minimum atomic E-state index is -2.74. The van der Waals surface area contributed by atoms with E-state index in [2.05, 4.69) is 36.1 Å². The van der Waals surface area contributed by atoms with Crippen LogP contribution in [0.1, 0.15) is 51.9 Å². The molecule has 2 aliphatic rings. The first-order valence-electron chi connectivity index (χ1n) is 12.0. The van der Waals surface area contributed by atoms with Gasteiger partial charge in [-0.25, -0.2) is 9.67 Å². The fourth-order valence-corrected chi connectivity index (χ4v) is 3.35. The maximum Gasteiger partial charge on any atom is 0.273 e.